The zero-order chi connectivity index (χ0) is 19.9. The molecule has 0 aliphatic heterocycles. The number of nitrogens with zero attached hydrogens (tertiary/aromatic N) is 2. The average molecular weight is 381 g/mol. The van der Waals surface area contributed by atoms with Gasteiger partial charge < -0.3 is 5.32 Å². The minimum Gasteiger partial charge on any atom is -0.326 e. The maximum Gasteiger partial charge on any atom is 0.225 e. The van der Waals surface area contributed by atoms with E-state index in [9.17, 15) is 4.79 Å². The second-order valence-corrected chi connectivity index (χ2v) is 7.03. The maximum absolute atomic E-state index is 12.8. The molecule has 0 atom stereocenters. The van der Waals surface area contributed by atoms with Crippen LogP contribution in [-0.2, 0) is 11.3 Å². The zero-order valence-corrected chi connectivity index (χ0v) is 16.1. The lowest BCUT2D eigenvalue weighted by Gasteiger charge is -2.18. The second-order valence-electron chi connectivity index (χ2n) is 7.03. The van der Waals surface area contributed by atoms with Crippen molar-refractivity contribution in [1.29, 1.82) is 0 Å². The monoisotopic (exact) mass is 381 g/mol. The van der Waals surface area contributed by atoms with Gasteiger partial charge in [0.05, 0.1) is 6.54 Å². The molecule has 0 aliphatic rings. The van der Waals surface area contributed by atoms with Crippen molar-refractivity contribution >= 4 is 11.6 Å². The third kappa shape index (κ3) is 4.99. The van der Waals surface area contributed by atoms with Gasteiger partial charge in [0.1, 0.15) is 0 Å². The molecule has 1 aromatic heterocycles. The van der Waals surface area contributed by atoms with Crippen molar-refractivity contribution in [2.24, 2.45) is 0 Å². The molecular formula is C25H23N3O. The van der Waals surface area contributed by atoms with Gasteiger partial charge in [-0.3, -0.25) is 9.48 Å². The highest BCUT2D eigenvalue weighted by molar-refractivity contribution is 5.91. The molecule has 0 aliphatic carbocycles. The number of carbonyl (C=O) groups excluding carboxylic acids is 1. The first kappa shape index (κ1) is 18.7. The van der Waals surface area contributed by atoms with E-state index in [1.165, 1.54) is 0 Å². The molecule has 4 nitrogen and oxygen atoms in total. The Bertz CT molecular complexity index is 987. The number of hydrogen-bond donors (Lipinski definition) is 1. The van der Waals surface area contributed by atoms with Gasteiger partial charge in [0, 0.05) is 30.4 Å². The summed E-state index contributed by atoms with van der Waals surface area (Å²) in [6, 6.07) is 30.2. The Hall–Kier alpha value is -3.66. The Morgan fingerprint density at radius 1 is 0.828 bits per heavy atom. The van der Waals surface area contributed by atoms with Gasteiger partial charge in [-0.2, -0.15) is 5.10 Å². The number of rotatable bonds is 7. The third-order valence-electron chi connectivity index (χ3n) is 4.93. The zero-order valence-electron chi connectivity index (χ0n) is 16.1. The summed E-state index contributed by atoms with van der Waals surface area (Å²) in [7, 11) is 0. The van der Waals surface area contributed by atoms with Crippen molar-refractivity contribution in [2.75, 3.05) is 5.32 Å². The third-order valence-corrected chi connectivity index (χ3v) is 4.93. The summed E-state index contributed by atoms with van der Waals surface area (Å²) in [6.07, 6.45) is 4.09. The first-order valence-corrected chi connectivity index (χ1v) is 9.74. The fraction of sp³-hybridized carbons (Fsp3) is 0.120. The maximum atomic E-state index is 12.8. The number of amides is 1. The van der Waals surface area contributed by atoms with E-state index in [1.807, 2.05) is 77.6 Å². The highest BCUT2D eigenvalue weighted by Gasteiger charge is 2.18. The molecule has 0 unspecified atom stereocenters. The van der Waals surface area contributed by atoms with E-state index < -0.39 is 0 Å². The molecule has 1 N–H and O–H groups in total. The predicted octanol–water partition coefficient (Wildman–Crippen LogP) is 5.09. The van der Waals surface area contributed by atoms with Crippen LogP contribution >= 0.6 is 0 Å². The second kappa shape index (κ2) is 9.02. The van der Waals surface area contributed by atoms with Crippen LogP contribution < -0.4 is 5.32 Å². The Morgan fingerprint density at radius 3 is 2.00 bits per heavy atom. The van der Waals surface area contributed by atoms with E-state index in [1.54, 1.807) is 6.20 Å². The lowest BCUT2D eigenvalue weighted by molar-refractivity contribution is -0.116. The topological polar surface area (TPSA) is 46.9 Å². The summed E-state index contributed by atoms with van der Waals surface area (Å²) in [5, 5.41) is 7.26. The minimum atomic E-state index is 0.00234. The Labute approximate surface area is 170 Å². The number of nitrogens with one attached hydrogen (secondary N) is 1. The summed E-state index contributed by atoms with van der Waals surface area (Å²) < 4.78 is 1.87. The lowest BCUT2D eigenvalue weighted by atomic mass is 9.88. The van der Waals surface area contributed by atoms with Gasteiger partial charge in [0.15, 0.2) is 0 Å². The summed E-state index contributed by atoms with van der Waals surface area (Å²) in [5.74, 6) is 0.0269. The van der Waals surface area contributed by atoms with Crippen LogP contribution in [0.25, 0.3) is 0 Å². The van der Waals surface area contributed by atoms with E-state index in [4.69, 9.17) is 0 Å². The molecule has 29 heavy (non-hydrogen) atoms. The first-order chi connectivity index (χ1) is 14.3. The van der Waals surface area contributed by atoms with Crippen molar-refractivity contribution in [3.63, 3.8) is 0 Å². The lowest BCUT2D eigenvalue weighted by Crippen LogP contribution is -2.16. The molecule has 0 saturated carbocycles. The van der Waals surface area contributed by atoms with Gasteiger partial charge in [0.25, 0.3) is 0 Å². The number of benzene rings is 3. The molecule has 0 fully saturated rings. The van der Waals surface area contributed by atoms with Crippen molar-refractivity contribution in [1.82, 2.24) is 9.78 Å². The smallest absolute Gasteiger partial charge is 0.225 e. The molecule has 0 spiro atoms. The first-order valence-electron chi connectivity index (χ1n) is 9.74. The van der Waals surface area contributed by atoms with Crippen LogP contribution in [0.3, 0.4) is 0 Å². The van der Waals surface area contributed by atoms with Gasteiger partial charge in [0.2, 0.25) is 5.91 Å². The van der Waals surface area contributed by atoms with Gasteiger partial charge in [-0.1, -0.05) is 72.8 Å². The van der Waals surface area contributed by atoms with Gasteiger partial charge in [-0.25, -0.2) is 0 Å². The van der Waals surface area contributed by atoms with Crippen LogP contribution in [-0.4, -0.2) is 15.7 Å². The van der Waals surface area contributed by atoms with Gasteiger partial charge in [-0.15, -0.1) is 0 Å². The molecule has 4 rings (SSSR count). The molecule has 4 aromatic rings. The molecule has 1 heterocycles. The van der Waals surface area contributed by atoms with Crippen LogP contribution in [0.4, 0.5) is 5.69 Å². The molecule has 144 valence electrons. The van der Waals surface area contributed by atoms with E-state index in [0.717, 1.165) is 22.4 Å². The van der Waals surface area contributed by atoms with E-state index >= 15 is 0 Å². The number of carbonyl (C=O) groups is 1. The number of aromatic nitrogens is 2. The molecule has 0 saturated heterocycles. The van der Waals surface area contributed by atoms with E-state index in [0.29, 0.717) is 13.0 Å². The highest BCUT2D eigenvalue weighted by Crippen LogP contribution is 2.28. The highest BCUT2D eigenvalue weighted by atomic mass is 16.1. The fourth-order valence-corrected chi connectivity index (χ4v) is 3.47. The van der Waals surface area contributed by atoms with Gasteiger partial charge >= 0.3 is 0 Å². The van der Waals surface area contributed by atoms with Crippen molar-refractivity contribution < 1.29 is 4.79 Å². The van der Waals surface area contributed by atoms with Crippen LogP contribution in [0.5, 0.6) is 0 Å². The molecule has 3 aromatic carbocycles. The average Bonchev–Trinajstić information content (AvgIpc) is 3.28. The van der Waals surface area contributed by atoms with Crippen molar-refractivity contribution in [3.8, 4) is 0 Å². The quantitative estimate of drug-likeness (QED) is 0.485. The van der Waals surface area contributed by atoms with Crippen LogP contribution in [0.15, 0.2) is 103 Å². The van der Waals surface area contributed by atoms with Crippen molar-refractivity contribution in [3.05, 3.63) is 120 Å². The predicted molar refractivity (Wildman–Crippen MR) is 116 cm³/mol. The fourth-order valence-electron chi connectivity index (χ4n) is 3.47. The minimum absolute atomic E-state index is 0.00234. The normalized spacial score (nSPS) is 10.8. The molecule has 4 heteroatoms. The summed E-state index contributed by atoms with van der Waals surface area (Å²) >= 11 is 0. The molecule has 1 amide bonds. The summed E-state index contributed by atoms with van der Waals surface area (Å²) in [4.78, 5) is 12.8. The van der Waals surface area contributed by atoms with Crippen LogP contribution in [0.2, 0.25) is 0 Å². The van der Waals surface area contributed by atoms with Crippen molar-refractivity contribution in [2.45, 2.75) is 18.9 Å². The van der Waals surface area contributed by atoms with E-state index in [2.05, 4.69) is 34.7 Å². The molecule has 0 radical (unpaired) electrons. The van der Waals surface area contributed by atoms with Crippen LogP contribution in [0.1, 0.15) is 29.0 Å². The largest absolute Gasteiger partial charge is 0.326 e. The SMILES string of the molecule is O=C(CC(c1ccccc1)c1ccccc1)Nc1ccc(Cn2cccn2)cc1. The Kier molecular flexibility index (Phi) is 5.81. The van der Waals surface area contributed by atoms with E-state index in [-0.39, 0.29) is 11.8 Å². The molecule has 0 bridgehead atoms. The standard InChI is InChI=1S/C25H23N3O/c29-25(27-23-14-12-20(13-15-23)19-28-17-7-16-26-28)18-24(21-8-3-1-4-9-21)22-10-5-2-6-11-22/h1-17,24H,18-19H2,(H,27,29). The van der Waals surface area contributed by atoms with Gasteiger partial charge in [-0.05, 0) is 34.9 Å². The summed E-state index contributed by atoms with van der Waals surface area (Å²) in [5.41, 5.74) is 4.23. The number of anilines is 1. The Morgan fingerprint density at radius 2 is 1.45 bits per heavy atom. The number of hydrogen-bond acceptors (Lipinski definition) is 2. The molecular weight excluding hydrogens is 358 g/mol. The van der Waals surface area contributed by atoms with Crippen LogP contribution in [0, 0.1) is 0 Å². The summed E-state index contributed by atoms with van der Waals surface area (Å²) in [6.45, 7) is 0.714. The Balaban J connectivity index is 1.44.